The molecule has 3 nitrogen and oxygen atoms in total. The van der Waals surface area contributed by atoms with E-state index in [1.807, 2.05) is 29.2 Å². The molecule has 0 saturated carbocycles. The van der Waals surface area contributed by atoms with Crippen molar-refractivity contribution in [2.24, 2.45) is 11.7 Å². The minimum atomic E-state index is 0.149. The van der Waals surface area contributed by atoms with Crippen LogP contribution in [0.2, 0.25) is 5.02 Å². The molecule has 1 amide bonds. The molecule has 1 aliphatic heterocycles. The third kappa shape index (κ3) is 4.21. The maximum atomic E-state index is 12.5. The number of likely N-dealkylation sites (tertiary alicyclic amines) is 1. The smallest absolute Gasteiger partial charge is 0.223 e. The minimum Gasteiger partial charge on any atom is -0.336 e. The molecule has 0 radical (unpaired) electrons. The van der Waals surface area contributed by atoms with E-state index in [1.165, 1.54) is 0 Å². The highest BCUT2D eigenvalue weighted by Gasteiger charge is 2.30. The third-order valence-electron chi connectivity index (χ3n) is 4.35. The van der Waals surface area contributed by atoms with Crippen LogP contribution in [-0.2, 0) is 4.79 Å². The van der Waals surface area contributed by atoms with Crippen LogP contribution in [0.4, 0.5) is 0 Å². The summed E-state index contributed by atoms with van der Waals surface area (Å²) in [7, 11) is 0. The Bertz CT molecular complexity index is 478. The van der Waals surface area contributed by atoms with Gasteiger partial charge in [0.1, 0.15) is 0 Å². The van der Waals surface area contributed by atoms with Crippen LogP contribution in [0.25, 0.3) is 0 Å². The molecular formula is C17H25ClN2O. The molecule has 0 bridgehead atoms. The third-order valence-corrected chi connectivity index (χ3v) is 4.69. The Morgan fingerprint density at radius 1 is 1.43 bits per heavy atom. The number of carbonyl (C=O) groups is 1. The molecule has 0 spiro atoms. The zero-order valence-electron chi connectivity index (χ0n) is 12.7. The van der Waals surface area contributed by atoms with E-state index in [2.05, 4.69) is 6.92 Å². The fourth-order valence-corrected chi connectivity index (χ4v) is 3.34. The fourth-order valence-electron chi connectivity index (χ4n) is 3.08. The van der Waals surface area contributed by atoms with Crippen molar-refractivity contribution in [1.82, 2.24) is 4.90 Å². The Hall–Kier alpha value is -1.06. The Morgan fingerprint density at radius 3 is 2.90 bits per heavy atom. The molecule has 0 aliphatic carbocycles. The largest absolute Gasteiger partial charge is 0.336 e. The van der Waals surface area contributed by atoms with Crippen LogP contribution in [0.5, 0.6) is 0 Å². The van der Waals surface area contributed by atoms with Gasteiger partial charge in [0.2, 0.25) is 5.91 Å². The van der Waals surface area contributed by atoms with E-state index in [-0.39, 0.29) is 11.9 Å². The normalized spacial score (nSPS) is 19.8. The zero-order chi connectivity index (χ0) is 15.2. The fraction of sp³-hybridized carbons (Fsp3) is 0.588. The second-order valence-corrected chi connectivity index (χ2v) is 6.40. The number of halogens is 1. The number of nitrogens with zero attached hydrogens (tertiary/aromatic N) is 1. The van der Waals surface area contributed by atoms with Crippen LogP contribution in [-0.4, -0.2) is 23.9 Å². The first-order valence-corrected chi connectivity index (χ1v) is 8.25. The number of carbonyl (C=O) groups excluding carboxylic acids is 1. The van der Waals surface area contributed by atoms with Gasteiger partial charge in [-0.2, -0.15) is 0 Å². The summed E-state index contributed by atoms with van der Waals surface area (Å²) < 4.78 is 0. The second-order valence-electron chi connectivity index (χ2n) is 5.99. The number of benzene rings is 1. The van der Waals surface area contributed by atoms with Gasteiger partial charge in [0.25, 0.3) is 0 Å². The molecule has 2 unspecified atom stereocenters. The van der Waals surface area contributed by atoms with Crippen molar-refractivity contribution in [3.63, 3.8) is 0 Å². The summed E-state index contributed by atoms with van der Waals surface area (Å²) in [5.74, 6) is 0.765. The van der Waals surface area contributed by atoms with Gasteiger partial charge in [0.05, 0.1) is 6.04 Å². The van der Waals surface area contributed by atoms with E-state index in [0.29, 0.717) is 18.9 Å². The lowest BCUT2D eigenvalue weighted by Gasteiger charge is -2.26. The molecule has 2 N–H and O–H groups in total. The van der Waals surface area contributed by atoms with Gasteiger partial charge in [-0.25, -0.2) is 0 Å². The summed E-state index contributed by atoms with van der Waals surface area (Å²) in [6, 6.07) is 8.01. The van der Waals surface area contributed by atoms with Crippen LogP contribution < -0.4 is 5.73 Å². The first-order chi connectivity index (χ1) is 10.1. The summed E-state index contributed by atoms with van der Waals surface area (Å²) in [5.41, 5.74) is 6.65. The predicted octanol–water partition coefficient (Wildman–Crippen LogP) is 3.77. The number of hydrogen-bond donors (Lipinski definition) is 1. The van der Waals surface area contributed by atoms with Crippen molar-refractivity contribution in [3.05, 3.63) is 34.9 Å². The van der Waals surface area contributed by atoms with Crippen LogP contribution >= 0.6 is 11.6 Å². The highest BCUT2D eigenvalue weighted by atomic mass is 35.5. The van der Waals surface area contributed by atoms with Crippen molar-refractivity contribution in [2.75, 3.05) is 13.1 Å². The molecule has 1 aromatic carbocycles. The van der Waals surface area contributed by atoms with Gasteiger partial charge < -0.3 is 10.6 Å². The number of hydrogen-bond acceptors (Lipinski definition) is 2. The topological polar surface area (TPSA) is 46.3 Å². The highest BCUT2D eigenvalue weighted by Crippen LogP contribution is 2.36. The van der Waals surface area contributed by atoms with Gasteiger partial charge in [-0.3, -0.25) is 4.79 Å². The summed E-state index contributed by atoms with van der Waals surface area (Å²) in [5, 5.41) is 0.763. The van der Waals surface area contributed by atoms with E-state index < -0.39 is 0 Å². The maximum absolute atomic E-state index is 12.5. The Balaban J connectivity index is 1.98. The molecular weight excluding hydrogens is 284 g/mol. The van der Waals surface area contributed by atoms with Crippen molar-refractivity contribution in [1.29, 1.82) is 0 Å². The van der Waals surface area contributed by atoms with Crippen LogP contribution in [0.15, 0.2) is 24.3 Å². The van der Waals surface area contributed by atoms with Crippen LogP contribution in [0, 0.1) is 5.92 Å². The van der Waals surface area contributed by atoms with E-state index in [4.69, 9.17) is 17.3 Å². The summed E-state index contributed by atoms with van der Waals surface area (Å²) >= 11 is 6.29. The van der Waals surface area contributed by atoms with Gasteiger partial charge in [-0.1, -0.05) is 36.7 Å². The Morgan fingerprint density at radius 2 is 2.19 bits per heavy atom. The zero-order valence-corrected chi connectivity index (χ0v) is 13.5. The van der Waals surface area contributed by atoms with Gasteiger partial charge in [-0.05, 0) is 49.8 Å². The lowest BCUT2D eigenvalue weighted by molar-refractivity contribution is -0.132. The molecule has 2 rings (SSSR count). The molecule has 21 heavy (non-hydrogen) atoms. The molecule has 1 aliphatic rings. The second kappa shape index (κ2) is 7.81. The van der Waals surface area contributed by atoms with Gasteiger partial charge in [0, 0.05) is 18.0 Å². The first-order valence-electron chi connectivity index (χ1n) is 7.87. The van der Waals surface area contributed by atoms with Crippen molar-refractivity contribution < 1.29 is 4.79 Å². The standard InChI is InChI=1S/C17H25ClN2O/c1-13(10-11-19)8-9-17(21)20-12-4-7-16(20)14-5-2-3-6-15(14)18/h2-3,5-6,13,16H,4,7-12,19H2,1H3. The van der Waals surface area contributed by atoms with Crippen molar-refractivity contribution in [2.45, 2.75) is 45.1 Å². The maximum Gasteiger partial charge on any atom is 0.223 e. The first kappa shape index (κ1) is 16.3. The molecule has 1 heterocycles. The lowest BCUT2D eigenvalue weighted by Crippen LogP contribution is -2.30. The average Bonchev–Trinajstić information content (AvgIpc) is 2.95. The van der Waals surface area contributed by atoms with E-state index in [9.17, 15) is 4.79 Å². The molecule has 1 fully saturated rings. The molecule has 2 atom stereocenters. The molecule has 4 heteroatoms. The predicted molar refractivity (Wildman–Crippen MR) is 87.2 cm³/mol. The SMILES string of the molecule is CC(CCN)CCC(=O)N1CCCC1c1ccccc1Cl. The van der Waals surface area contributed by atoms with E-state index >= 15 is 0 Å². The van der Waals surface area contributed by atoms with Crippen molar-refractivity contribution >= 4 is 17.5 Å². The summed E-state index contributed by atoms with van der Waals surface area (Å²) in [6.07, 6.45) is 4.58. The quantitative estimate of drug-likeness (QED) is 0.869. The number of amides is 1. The molecule has 1 aromatic rings. The van der Waals surface area contributed by atoms with Gasteiger partial charge in [0.15, 0.2) is 0 Å². The van der Waals surface area contributed by atoms with E-state index in [1.54, 1.807) is 0 Å². The van der Waals surface area contributed by atoms with E-state index in [0.717, 1.165) is 42.8 Å². The van der Waals surface area contributed by atoms with Gasteiger partial charge in [-0.15, -0.1) is 0 Å². The molecule has 116 valence electrons. The average molecular weight is 309 g/mol. The van der Waals surface area contributed by atoms with Gasteiger partial charge >= 0.3 is 0 Å². The summed E-state index contributed by atoms with van der Waals surface area (Å²) in [4.78, 5) is 14.5. The number of nitrogens with two attached hydrogens (primary N) is 1. The lowest BCUT2D eigenvalue weighted by atomic mass is 10.0. The minimum absolute atomic E-state index is 0.149. The monoisotopic (exact) mass is 308 g/mol. The summed E-state index contributed by atoms with van der Waals surface area (Å²) in [6.45, 7) is 3.71. The Labute approximate surface area is 132 Å². The Kier molecular flexibility index (Phi) is 6.07. The van der Waals surface area contributed by atoms with Crippen LogP contribution in [0.3, 0.4) is 0 Å². The van der Waals surface area contributed by atoms with Crippen LogP contribution in [0.1, 0.15) is 50.6 Å². The highest BCUT2D eigenvalue weighted by molar-refractivity contribution is 6.31. The van der Waals surface area contributed by atoms with Crippen molar-refractivity contribution in [3.8, 4) is 0 Å². The molecule has 1 saturated heterocycles. The number of rotatable bonds is 6. The molecule has 0 aromatic heterocycles.